The molecule has 2 saturated carbocycles. The van der Waals surface area contributed by atoms with Crippen molar-refractivity contribution >= 4 is 12.5 Å². The first-order chi connectivity index (χ1) is 17.2. The molecule has 1 aromatic carbocycles. The van der Waals surface area contributed by atoms with Crippen molar-refractivity contribution in [2.24, 2.45) is 22.1 Å². The van der Waals surface area contributed by atoms with Gasteiger partial charge in [0.05, 0.1) is 8.85 Å². The summed E-state index contributed by atoms with van der Waals surface area (Å²) in [5.41, 5.74) is 9.93. The lowest BCUT2D eigenvalue weighted by atomic mass is 9.59. The maximum absolute atomic E-state index is 9.00. The summed E-state index contributed by atoms with van der Waals surface area (Å²) in [5, 5.41) is 6.89. The number of pyridine rings is 1. The van der Waals surface area contributed by atoms with Gasteiger partial charge in [-0.15, -0.1) is 0 Å². The Morgan fingerprint density at radius 3 is 2.71 bits per heavy atom. The van der Waals surface area contributed by atoms with Gasteiger partial charge in [0.2, 0.25) is 0 Å². The number of rotatable bonds is 3. The van der Waals surface area contributed by atoms with Crippen molar-refractivity contribution in [2.75, 3.05) is 13.7 Å². The number of fused-ring (bicyclic) bond motifs is 3. The molecule has 0 unspecified atom stereocenters. The molecule has 2 heterocycles. The Hall–Kier alpha value is -2.93. The number of aliphatic imine (C=N–C) groups is 1. The van der Waals surface area contributed by atoms with Crippen molar-refractivity contribution in [3.63, 3.8) is 0 Å². The Morgan fingerprint density at radius 2 is 2.06 bits per heavy atom. The Labute approximate surface area is 203 Å². The van der Waals surface area contributed by atoms with Crippen LogP contribution in [0.1, 0.15) is 64.4 Å². The van der Waals surface area contributed by atoms with Crippen LogP contribution >= 0.6 is 0 Å². The number of hydrogen-bond acceptors (Lipinski definition) is 6. The smallest absolute Gasteiger partial charge is 0.290 e. The van der Waals surface area contributed by atoms with Gasteiger partial charge in [0.25, 0.3) is 12.5 Å². The molecule has 3 aliphatic carbocycles. The molecule has 1 aliphatic heterocycles. The van der Waals surface area contributed by atoms with Gasteiger partial charge >= 0.3 is 0 Å². The molecule has 4 aliphatic rings. The molecule has 0 amide bonds. The fourth-order valence-corrected chi connectivity index (χ4v) is 6.35. The minimum absolute atomic E-state index is 0.0588. The molecule has 2 spiro atoms. The molecule has 7 nitrogen and oxygen atoms in total. The molecule has 0 radical (unpaired) electrons. The quantitative estimate of drug-likeness (QED) is 0.657. The van der Waals surface area contributed by atoms with Gasteiger partial charge in [0, 0.05) is 30.5 Å². The summed E-state index contributed by atoms with van der Waals surface area (Å²) >= 11 is 0. The fourth-order valence-electron chi connectivity index (χ4n) is 6.35. The molecule has 1 aromatic heterocycles. The highest BCUT2D eigenvalue weighted by Gasteiger charge is 2.62. The average Bonchev–Trinajstić information content (AvgIpc) is 3.61. The van der Waals surface area contributed by atoms with E-state index in [0.29, 0.717) is 11.8 Å². The van der Waals surface area contributed by atoms with Crippen LogP contribution in [0.2, 0.25) is 0 Å². The third-order valence-electron chi connectivity index (χ3n) is 8.08. The molecular weight excluding hydrogens is 430 g/mol. The number of amidine groups is 1. The second kappa shape index (κ2) is 8.69. The molecule has 7 heteroatoms. The van der Waals surface area contributed by atoms with E-state index in [1.54, 1.807) is 7.11 Å². The van der Waals surface area contributed by atoms with E-state index in [4.69, 9.17) is 32.8 Å². The van der Waals surface area contributed by atoms with E-state index in [2.05, 4.69) is 36.2 Å². The zero-order chi connectivity index (χ0) is 25.7. The molecule has 0 saturated heterocycles. The minimum Gasteiger partial charge on any atom is -0.483 e. The number of carbonyl (C=O) groups is 1. The number of hydrogen-bond donors (Lipinski definition) is 2. The highest BCUT2D eigenvalue weighted by Crippen LogP contribution is 2.62. The lowest BCUT2D eigenvalue weighted by Gasteiger charge is -2.47. The predicted octanol–water partition coefficient (Wildman–Crippen LogP) is 4.24. The van der Waals surface area contributed by atoms with Gasteiger partial charge in [0.15, 0.2) is 0 Å². The summed E-state index contributed by atoms with van der Waals surface area (Å²) in [4.78, 5) is 17.7. The maximum atomic E-state index is 9.00. The molecule has 34 heavy (non-hydrogen) atoms. The zero-order valence-corrected chi connectivity index (χ0v) is 19.7. The highest BCUT2D eigenvalue weighted by molar-refractivity contribution is 5.76. The van der Waals surface area contributed by atoms with Crippen LogP contribution in [-0.4, -0.2) is 42.4 Å². The Bertz CT molecular complexity index is 1200. The van der Waals surface area contributed by atoms with Crippen LogP contribution in [0.15, 0.2) is 41.7 Å². The van der Waals surface area contributed by atoms with Crippen LogP contribution in [0.4, 0.5) is 0 Å². The van der Waals surface area contributed by atoms with Gasteiger partial charge in [-0.05, 0) is 84.7 Å². The number of methoxy groups -OCH3 is 1. The van der Waals surface area contributed by atoms with Crippen molar-refractivity contribution in [1.82, 2.24) is 4.98 Å². The number of carboxylic acid groups (broad SMARTS) is 1. The summed E-state index contributed by atoms with van der Waals surface area (Å²) in [5.74, 6) is 0.919. The van der Waals surface area contributed by atoms with Crippen molar-refractivity contribution < 1.29 is 22.1 Å². The summed E-state index contributed by atoms with van der Waals surface area (Å²) in [6.07, 6.45) is 9.77. The van der Waals surface area contributed by atoms with Crippen LogP contribution in [0.3, 0.4) is 0 Å². The van der Waals surface area contributed by atoms with E-state index in [1.807, 2.05) is 12.4 Å². The largest absolute Gasteiger partial charge is 0.483 e. The van der Waals surface area contributed by atoms with E-state index >= 15 is 0 Å². The Kier molecular flexibility index (Phi) is 5.23. The zero-order valence-electron chi connectivity index (χ0n) is 21.7. The SMILES string of the molecule is O=CO.[2H]C1([2H])OC(N)=N[C@]12c1cc(-c3cncc(C4CC4)c3)ccc1C[C@]21CC[C@@H](OC)[C@H](C)C1. The topological polar surface area (TPSA) is 107 Å². The number of ether oxygens (including phenoxy) is 2. The van der Waals surface area contributed by atoms with Crippen LogP contribution in [0.5, 0.6) is 0 Å². The lowest BCUT2D eigenvalue weighted by molar-refractivity contribution is -0.122. The molecule has 2 fully saturated rings. The summed E-state index contributed by atoms with van der Waals surface area (Å²) in [6.45, 7) is -0.0701. The van der Waals surface area contributed by atoms with Crippen LogP contribution in [-0.2, 0) is 26.2 Å². The minimum atomic E-state index is -2.02. The number of nitrogens with two attached hydrogens (primary N) is 1. The van der Waals surface area contributed by atoms with E-state index in [9.17, 15) is 0 Å². The van der Waals surface area contributed by atoms with E-state index in [1.165, 1.54) is 18.4 Å². The monoisotopic (exact) mass is 465 g/mol. The second-order valence-corrected chi connectivity index (χ2v) is 10.1. The van der Waals surface area contributed by atoms with E-state index < -0.39 is 17.5 Å². The lowest BCUT2D eigenvalue weighted by Crippen LogP contribution is -2.48. The number of aromatic nitrogens is 1. The van der Waals surface area contributed by atoms with Gasteiger partial charge in [-0.25, -0.2) is 4.99 Å². The van der Waals surface area contributed by atoms with E-state index in [0.717, 1.165) is 47.9 Å². The number of nitrogens with zero attached hydrogens (tertiary/aromatic N) is 2. The van der Waals surface area contributed by atoms with Crippen molar-refractivity contribution in [2.45, 2.75) is 63.0 Å². The summed E-state index contributed by atoms with van der Waals surface area (Å²) < 4.78 is 29.3. The van der Waals surface area contributed by atoms with Crippen LogP contribution in [0.25, 0.3) is 11.1 Å². The Morgan fingerprint density at radius 1 is 1.26 bits per heavy atom. The molecule has 3 N–H and O–H groups in total. The first-order valence-corrected chi connectivity index (χ1v) is 11.9. The summed E-state index contributed by atoms with van der Waals surface area (Å²) in [6, 6.07) is 8.58. The highest BCUT2D eigenvalue weighted by atomic mass is 16.5. The molecule has 180 valence electrons. The van der Waals surface area contributed by atoms with E-state index in [-0.39, 0.29) is 18.6 Å². The Balaban J connectivity index is 0.000000848. The molecule has 4 atom stereocenters. The fraction of sp³-hybridized carbons (Fsp3) is 0.519. The average molecular weight is 466 g/mol. The van der Waals surface area contributed by atoms with Crippen molar-refractivity contribution in [3.8, 4) is 11.1 Å². The second-order valence-electron chi connectivity index (χ2n) is 10.1. The maximum Gasteiger partial charge on any atom is 0.290 e. The normalized spacial score (nSPS) is 33.8. The van der Waals surface area contributed by atoms with Crippen LogP contribution in [0, 0.1) is 11.3 Å². The van der Waals surface area contributed by atoms with Gasteiger partial charge < -0.3 is 20.3 Å². The third kappa shape index (κ3) is 3.66. The predicted molar refractivity (Wildman–Crippen MR) is 130 cm³/mol. The van der Waals surface area contributed by atoms with Crippen molar-refractivity contribution in [1.29, 1.82) is 0 Å². The van der Waals surface area contributed by atoms with Crippen LogP contribution < -0.4 is 5.73 Å². The number of benzene rings is 1. The summed E-state index contributed by atoms with van der Waals surface area (Å²) in [7, 11) is 1.77. The van der Waals surface area contributed by atoms with Gasteiger partial charge in [-0.2, -0.15) is 0 Å². The first-order valence-electron chi connectivity index (χ1n) is 12.9. The van der Waals surface area contributed by atoms with Gasteiger partial charge in [-0.3, -0.25) is 9.78 Å². The van der Waals surface area contributed by atoms with Crippen molar-refractivity contribution in [3.05, 3.63) is 53.3 Å². The molecule has 0 bridgehead atoms. The third-order valence-corrected chi connectivity index (χ3v) is 8.08. The molecule has 6 rings (SSSR count). The van der Waals surface area contributed by atoms with Gasteiger partial charge in [-0.1, -0.05) is 19.1 Å². The molecule has 2 aromatic rings. The standard InChI is InChI=1S/C26H31N3O2.CH2O2/c1-16-11-25(8-7-23(16)30-2)12-19-6-5-18(10-22(19)26(25)15-31-24(27)29-26)21-9-20(13-28-14-21)17-3-4-17;2-1-3/h5-6,9-10,13-14,16-17,23H,3-4,7-8,11-12,15H2,1-2H3,(H2,27,29);1H,(H,2,3)/t16-,23-,25-,26+;/m1./s1/i15D2;. The van der Waals surface area contributed by atoms with Gasteiger partial charge in [0.1, 0.15) is 12.1 Å². The first kappa shape index (κ1) is 20.4. The molecular formula is C27H33N3O4.